The van der Waals surface area contributed by atoms with Gasteiger partial charge >= 0.3 is 0 Å². The summed E-state index contributed by atoms with van der Waals surface area (Å²) in [4.78, 5) is 4.26. The van der Waals surface area contributed by atoms with Crippen LogP contribution in [0.15, 0.2) is 24.3 Å². The molecule has 0 radical (unpaired) electrons. The van der Waals surface area contributed by atoms with E-state index in [1.54, 1.807) is 6.07 Å². The van der Waals surface area contributed by atoms with Gasteiger partial charge in [0.05, 0.1) is 11.0 Å². The molecule has 0 spiro atoms. The first-order valence-corrected chi connectivity index (χ1v) is 4.35. The Bertz CT molecular complexity index is 431. The van der Waals surface area contributed by atoms with E-state index in [9.17, 15) is 5.21 Å². The molecular weight excluding hydrogens is 164 g/mol. The summed E-state index contributed by atoms with van der Waals surface area (Å²) in [6, 6.07) is 7.39. The van der Waals surface area contributed by atoms with Gasteiger partial charge in [-0.3, -0.25) is 0 Å². The molecule has 13 heavy (non-hydrogen) atoms. The molecule has 0 atom stereocenters. The van der Waals surface area contributed by atoms with Crippen LogP contribution in [0.5, 0.6) is 0 Å². The van der Waals surface area contributed by atoms with Crippen molar-refractivity contribution in [1.29, 1.82) is 0 Å². The lowest BCUT2D eigenvalue weighted by Gasteiger charge is -2.13. The van der Waals surface area contributed by atoms with Crippen LogP contribution in [-0.4, -0.2) is 9.71 Å². The zero-order valence-corrected chi connectivity index (χ0v) is 7.69. The van der Waals surface area contributed by atoms with Crippen LogP contribution in [0.4, 0.5) is 0 Å². The molecule has 0 aliphatic heterocycles. The lowest BCUT2D eigenvalue weighted by Crippen LogP contribution is -1.97. The molecule has 1 aromatic carbocycles. The number of para-hydroxylation sites is 2. The van der Waals surface area contributed by atoms with E-state index in [1.807, 2.05) is 32.0 Å². The highest BCUT2D eigenvalue weighted by molar-refractivity contribution is 5.76. The van der Waals surface area contributed by atoms with Crippen LogP contribution in [0.2, 0.25) is 0 Å². The third-order valence-electron chi connectivity index (χ3n) is 2.06. The van der Waals surface area contributed by atoms with Crippen LogP contribution in [0.1, 0.15) is 25.6 Å². The minimum absolute atomic E-state index is 0.171. The number of fused-ring (bicyclic) bond motifs is 1. The molecule has 1 heterocycles. The van der Waals surface area contributed by atoms with Gasteiger partial charge in [-0.2, -0.15) is 0 Å². The number of benzene rings is 1. The summed E-state index contributed by atoms with van der Waals surface area (Å²) in [6.45, 7) is 3.94. The Morgan fingerprint density at radius 3 is 2.62 bits per heavy atom. The van der Waals surface area contributed by atoms with Gasteiger partial charge in [-0.15, -0.1) is 0 Å². The van der Waals surface area contributed by atoms with Gasteiger partial charge < -0.3 is 9.94 Å². The summed E-state index contributed by atoms with van der Waals surface area (Å²) in [5.74, 6) is 0.770. The summed E-state index contributed by atoms with van der Waals surface area (Å²) >= 11 is 0. The Kier molecular flexibility index (Phi) is 1.72. The van der Waals surface area contributed by atoms with Crippen molar-refractivity contribution in [2.24, 2.45) is 0 Å². The second-order valence-corrected chi connectivity index (χ2v) is 3.41. The second-order valence-electron chi connectivity index (χ2n) is 3.41. The van der Waals surface area contributed by atoms with Crippen LogP contribution in [0.25, 0.3) is 11.0 Å². The molecule has 0 unspecified atom stereocenters. The minimum atomic E-state index is 0.171. The minimum Gasteiger partial charge on any atom is -0.804 e. The quantitative estimate of drug-likeness (QED) is 0.668. The van der Waals surface area contributed by atoms with Crippen LogP contribution < -0.4 is 0 Å². The van der Waals surface area contributed by atoms with Crippen molar-refractivity contribution in [2.75, 3.05) is 0 Å². The second kappa shape index (κ2) is 2.76. The maximum absolute atomic E-state index is 11.6. The first-order valence-electron chi connectivity index (χ1n) is 4.35. The van der Waals surface area contributed by atoms with Crippen molar-refractivity contribution in [2.45, 2.75) is 19.8 Å². The fourth-order valence-electron chi connectivity index (χ4n) is 1.39. The zero-order valence-electron chi connectivity index (χ0n) is 7.69. The van der Waals surface area contributed by atoms with Gasteiger partial charge in [0.25, 0.3) is 0 Å². The third kappa shape index (κ3) is 1.16. The SMILES string of the molecule is CC(C)c1nc2ccccc2n1[O-]. The molecule has 0 amide bonds. The van der Waals surface area contributed by atoms with E-state index in [-0.39, 0.29) is 5.92 Å². The lowest BCUT2D eigenvalue weighted by atomic mass is 10.2. The van der Waals surface area contributed by atoms with Gasteiger partial charge in [-0.25, -0.2) is 4.98 Å². The molecule has 3 nitrogen and oxygen atoms in total. The first-order chi connectivity index (χ1) is 6.20. The molecular formula is C10H11N2O-. The number of nitrogens with zero attached hydrogens (tertiary/aromatic N) is 2. The molecule has 0 fully saturated rings. The Hall–Kier alpha value is -1.51. The molecule has 68 valence electrons. The highest BCUT2D eigenvalue weighted by Crippen LogP contribution is 2.19. The molecule has 2 aromatic rings. The molecule has 0 bridgehead atoms. The van der Waals surface area contributed by atoms with Gasteiger partial charge in [-0.05, 0) is 12.1 Å². The van der Waals surface area contributed by atoms with Gasteiger partial charge in [0, 0.05) is 5.92 Å². The maximum atomic E-state index is 11.6. The van der Waals surface area contributed by atoms with Crippen LogP contribution in [0, 0.1) is 5.21 Å². The van der Waals surface area contributed by atoms with E-state index in [1.165, 1.54) is 0 Å². The molecule has 0 saturated carbocycles. The molecule has 0 N–H and O–H groups in total. The zero-order chi connectivity index (χ0) is 9.42. The van der Waals surface area contributed by atoms with Crippen molar-refractivity contribution in [3.05, 3.63) is 35.3 Å². The van der Waals surface area contributed by atoms with Gasteiger partial charge in [0.1, 0.15) is 5.82 Å². The van der Waals surface area contributed by atoms with Crippen LogP contribution in [0.3, 0.4) is 0 Å². The fraction of sp³-hybridized carbons (Fsp3) is 0.300. The number of aromatic nitrogens is 2. The van der Waals surface area contributed by atoms with Gasteiger partial charge in [-0.1, -0.05) is 26.0 Å². The standard InChI is InChI=1S/C10H11N2O/c1-7(2)10-11-8-5-3-4-6-9(8)12(10)13/h3-7H,1-2H3/q-1. The summed E-state index contributed by atoms with van der Waals surface area (Å²) in [5, 5.41) is 11.6. The van der Waals surface area contributed by atoms with Crippen LogP contribution >= 0.6 is 0 Å². The summed E-state index contributed by atoms with van der Waals surface area (Å²) in [5.41, 5.74) is 1.44. The van der Waals surface area contributed by atoms with E-state index < -0.39 is 0 Å². The number of rotatable bonds is 1. The number of hydrogen-bond acceptors (Lipinski definition) is 2. The first kappa shape index (κ1) is 8.10. The average Bonchev–Trinajstić information content (AvgIpc) is 2.45. The van der Waals surface area contributed by atoms with E-state index in [2.05, 4.69) is 4.98 Å². The predicted molar refractivity (Wildman–Crippen MR) is 52.6 cm³/mol. The summed E-state index contributed by atoms with van der Waals surface area (Å²) in [6.07, 6.45) is 0. The summed E-state index contributed by atoms with van der Waals surface area (Å²) < 4.78 is 0.917. The monoisotopic (exact) mass is 175 g/mol. The van der Waals surface area contributed by atoms with E-state index >= 15 is 0 Å². The Balaban J connectivity index is 2.74. The van der Waals surface area contributed by atoms with Gasteiger partial charge in [0.15, 0.2) is 0 Å². The Morgan fingerprint density at radius 2 is 2.00 bits per heavy atom. The molecule has 0 aliphatic rings. The highest BCUT2D eigenvalue weighted by atomic mass is 16.5. The lowest BCUT2D eigenvalue weighted by molar-refractivity contribution is 0.761. The molecule has 0 saturated heterocycles. The van der Waals surface area contributed by atoms with Crippen molar-refractivity contribution < 1.29 is 0 Å². The van der Waals surface area contributed by atoms with E-state index in [0.717, 1.165) is 10.2 Å². The van der Waals surface area contributed by atoms with E-state index in [4.69, 9.17) is 0 Å². The smallest absolute Gasteiger partial charge is 0.107 e. The average molecular weight is 175 g/mol. The Morgan fingerprint density at radius 1 is 1.31 bits per heavy atom. The highest BCUT2D eigenvalue weighted by Gasteiger charge is 2.07. The number of imidazole rings is 1. The number of hydrogen-bond donors (Lipinski definition) is 0. The molecule has 1 aromatic heterocycles. The summed E-state index contributed by atoms with van der Waals surface area (Å²) in [7, 11) is 0. The Labute approximate surface area is 76.6 Å². The van der Waals surface area contributed by atoms with Crippen molar-refractivity contribution in [3.8, 4) is 0 Å². The normalized spacial score (nSPS) is 11.3. The van der Waals surface area contributed by atoms with Gasteiger partial charge in [0.2, 0.25) is 0 Å². The van der Waals surface area contributed by atoms with Crippen LogP contribution in [-0.2, 0) is 0 Å². The molecule has 3 heteroatoms. The fourth-order valence-corrected chi connectivity index (χ4v) is 1.39. The molecule has 0 aliphatic carbocycles. The predicted octanol–water partition coefficient (Wildman–Crippen LogP) is 2.51. The largest absolute Gasteiger partial charge is 0.804 e. The topological polar surface area (TPSA) is 40.9 Å². The van der Waals surface area contributed by atoms with Crippen molar-refractivity contribution >= 4 is 11.0 Å². The van der Waals surface area contributed by atoms with Crippen molar-refractivity contribution in [1.82, 2.24) is 9.71 Å². The van der Waals surface area contributed by atoms with Crippen molar-refractivity contribution in [3.63, 3.8) is 0 Å². The maximum Gasteiger partial charge on any atom is 0.107 e. The van der Waals surface area contributed by atoms with E-state index in [0.29, 0.717) is 11.3 Å². The molecule has 2 rings (SSSR count). The third-order valence-corrected chi connectivity index (χ3v) is 2.06.